The number of aromatic nitrogens is 1. The van der Waals surface area contributed by atoms with Gasteiger partial charge in [0.15, 0.2) is 0 Å². The molecule has 1 N–H and O–H groups in total. The van der Waals surface area contributed by atoms with Gasteiger partial charge in [0.1, 0.15) is 6.04 Å². The van der Waals surface area contributed by atoms with Crippen molar-refractivity contribution in [2.75, 3.05) is 5.32 Å². The van der Waals surface area contributed by atoms with Gasteiger partial charge in [0.25, 0.3) is 5.56 Å². The highest BCUT2D eigenvalue weighted by molar-refractivity contribution is 6.33. The number of halogens is 2. The fraction of sp³-hybridized carbons (Fsp3) is 0.143. The number of pyridine rings is 1. The Bertz CT molecular complexity index is 698. The molecular weight excluding hydrogens is 299 g/mol. The maximum atomic E-state index is 12.2. The first kappa shape index (κ1) is 14.6. The average molecular weight is 311 g/mol. The molecule has 104 valence electrons. The Morgan fingerprint density at radius 1 is 1.20 bits per heavy atom. The Morgan fingerprint density at radius 2 is 1.90 bits per heavy atom. The summed E-state index contributed by atoms with van der Waals surface area (Å²) in [4.78, 5) is 23.9. The number of nitrogens with one attached hydrogen (secondary N) is 1. The second kappa shape index (κ2) is 6.11. The normalized spacial score (nSPS) is 11.9. The van der Waals surface area contributed by atoms with Crippen molar-refractivity contribution in [1.82, 2.24) is 4.57 Å². The van der Waals surface area contributed by atoms with Gasteiger partial charge in [0.05, 0.1) is 15.7 Å². The molecule has 0 saturated heterocycles. The first-order valence-corrected chi connectivity index (χ1v) is 6.67. The zero-order valence-corrected chi connectivity index (χ0v) is 12.2. The Morgan fingerprint density at radius 3 is 2.60 bits per heavy atom. The maximum absolute atomic E-state index is 12.2. The highest BCUT2D eigenvalue weighted by Gasteiger charge is 2.17. The molecule has 0 spiro atoms. The van der Waals surface area contributed by atoms with E-state index in [0.29, 0.717) is 15.7 Å². The molecule has 6 heteroatoms. The molecule has 1 aromatic carbocycles. The van der Waals surface area contributed by atoms with Crippen molar-refractivity contribution in [3.63, 3.8) is 0 Å². The van der Waals surface area contributed by atoms with Crippen molar-refractivity contribution in [3.05, 3.63) is 63.0 Å². The number of carbonyl (C=O) groups excluding carboxylic acids is 1. The molecule has 0 fully saturated rings. The second-order valence-electron chi connectivity index (χ2n) is 4.24. The van der Waals surface area contributed by atoms with Gasteiger partial charge in [-0.3, -0.25) is 9.59 Å². The van der Waals surface area contributed by atoms with Crippen LogP contribution in [0, 0.1) is 0 Å². The molecule has 20 heavy (non-hydrogen) atoms. The Kier molecular flexibility index (Phi) is 4.47. The summed E-state index contributed by atoms with van der Waals surface area (Å²) in [6, 6.07) is 9.00. The highest BCUT2D eigenvalue weighted by Crippen LogP contribution is 2.21. The first-order valence-electron chi connectivity index (χ1n) is 5.92. The molecule has 1 unspecified atom stereocenters. The van der Waals surface area contributed by atoms with Crippen molar-refractivity contribution >= 4 is 34.8 Å². The summed E-state index contributed by atoms with van der Waals surface area (Å²) in [5.41, 5.74) is 0.206. The summed E-state index contributed by atoms with van der Waals surface area (Å²) in [6.07, 6.45) is 1.43. The van der Waals surface area contributed by atoms with Gasteiger partial charge in [0, 0.05) is 12.3 Å². The monoisotopic (exact) mass is 310 g/mol. The molecular formula is C14H12Cl2N2O2. The van der Waals surface area contributed by atoms with Gasteiger partial charge in [-0.2, -0.15) is 0 Å². The number of amides is 1. The van der Waals surface area contributed by atoms with Crippen LogP contribution in [0.5, 0.6) is 0 Å². The van der Waals surface area contributed by atoms with Crippen LogP contribution in [0.2, 0.25) is 10.0 Å². The minimum Gasteiger partial charge on any atom is -0.323 e. The third kappa shape index (κ3) is 3.21. The predicted octanol–water partition coefficient (Wildman–Crippen LogP) is 3.35. The molecule has 1 amide bonds. The zero-order valence-electron chi connectivity index (χ0n) is 10.6. The van der Waals surface area contributed by atoms with Crippen molar-refractivity contribution in [3.8, 4) is 0 Å². The summed E-state index contributed by atoms with van der Waals surface area (Å²) in [6.45, 7) is 1.61. The van der Waals surface area contributed by atoms with Crippen LogP contribution in [-0.4, -0.2) is 10.5 Å². The SMILES string of the molecule is CC(C(=O)Nc1ccccc1Cl)n1cc(Cl)ccc1=O. The quantitative estimate of drug-likeness (QED) is 0.945. The van der Waals surface area contributed by atoms with Crippen molar-refractivity contribution in [1.29, 1.82) is 0 Å². The van der Waals surface area contributed by atoms with Crippen molar-refractivity contribution in [2.45, 2.75) is 13.0 Å². The van der Waals surface area contributed by atoms with Gasteiger partial charge >= 0.3 is 0 Å². The standard InChI is InChI=1S/C14H12Cl2N2O2/c1-9(18-8-10(15)6-7-13(18)19)14(20)17-12-5-3-2-4-11(12)16/h2-9H,1H3,(H,17,20). The fourth-order valence-corrected chi connectivity index (χ4v) is 2.06. The summed E-state index contributed by atoms with van der Waals surface area (Å²) in [5.74, 6) is -0.345. The third-order valence-electron chi connectivity index (χ3n) is 2.83. The van der Waals surface area contributed by atoms with Gasteiger partial charge < -0.3 is 9.88 Å². The topological polar surface area (TPSA) is 51.1 Å². The molecule has 2 rings (SSSR count). The lowest BCUT2D eigenvalue weighted by Crippen LogP contribution is -2.30. The first-order chi connectivity index (χ1) is 9.49. The van der Waals surface area contributed by atoms with Gasteiger partial charge in [0.2, 0.25) is 5.91 Å². The molecule has 0 saturated carbocycles. The number of carbonyl (C=O) groups is 1. The van der Waals surface area contributed by atoms with E-state index in [1.165, 1.54) is 22.9 Å². The van der Waals surface area contributed by atoms with Crippen LogP contribution < -0.4 is 10.9 Å². The molecule has 0 radical (unpaired) electrons. The number of nitrogens with zero attached hydrogens (tertiary/aromatic N) is 1. The number of benzene rings is 1. The van der Waals surface area contributed by atoms with Crippen LogP contribution in [0.1, 0.15) is 13.0 Å². The summed E-state index contributed by atoms with van der Waals surface area (Å²) >= 11 is 11.8. The number of anilines is 1. The molecule has 1 heterocycles. The van der Waals surface area contributed by atoms with Gasteiger partial charge in [-0.15, -0.1) is 0 Å². The second-order valence-corrected chi connectivity index (χ2v) is 5.08. The number of para-hydroxylation sites is 1. The van der Waals surface area contributed by atoms with E-state index in [1.807, 2.05) is 0 Å². The molecule has 1 aromatic heterocycles. The van der Waals surface area contributed by atoms with Crippen molar-refractivity contribution < 1.29 is 4.79 Å². The minimum atomic E-state index is -0.697. The molecule has 2 aromatic rings. The average Bonchev–Trinajstić information content (AvgIpc) is 2.43. The van der Waals surface area contributed by atoms with Gasteiger partial charge in [-0.05, 0) is 25.1 Å². The van der Waals surface area contributed by atoms with E-state index in [1.54, 1.807) is 31.2 Å². The molecule has 0 bridgehead atoms. The third-order valence-corrected chi connectivity index (χ3v) is 3.38. The molecule has 4 nitrogen and oxygen atoms in total. The van der Waals surface area contributed by atoms with Crippen molar-refractivity contribution in [2.24, 2.45) is 0 Å². The lowest BCUT2D eigenvalue weighted by molar-refractivity contribution is -0.118. The number of rotatable bonds is 3. The summed E-state index contributed by atoms with van der Waals surface area (Å²) in [5, 5.41) is 3.51. The Hall–Kier alpha value is -1.78. The fourth-order valence-electron chi connectivity index (χ4n) is 1.71. The number of hydrogen-bond donors (Lipinski definition) is 1. The Labute approximate surface area is 125 Å². The van der Waals surface area contributed by atoms with E-state index in [0.717, 1.165) is 0 Å². The molecule has 0 aliphatic rings. The van der Waals surface area contributed by atoms with Gasteiger partial charge in [-0.25, -0.2) is 0 Å². The predicted molar refractivity (Wildman–Crippen MR) is 80.5 cm³/mol. The molecule has 0 aliphatic heterocycles. The largest absolute Gasteiger partial charge is 0.323 e. The van der Waals surface area contributed by atoms with Crippen LogP contribution in [0.4, 0.5) is 5.69 Å². The number of hydrogen-bond acceptors (Lipinski definition) is 2. The molecule has 0 aliphatic carbocycles. The van der Waals surface area contributed by atoms with Crippen LogP contribution in [-0.2, 0) is 4.79 Å². The van der Waals surface area contributed by atoms with Gasteiger partial charge in [-0.1, -0.05) is 35.3 Å². The summed E-state index contributed by atoms with van der Waals surface area (Å²) < 4.78 is 1.27. The van der Waals surface area contributed by atoms with E-state index in [4.69, 9.17) is 23.2 Å². The summed E-state index contributed by atoms with van der Waals surface area (Å²) in [7, 11) is 0. The van der Waals surface area contributed by atoms with Crippen LogP contribution >= 0.6 is 23.2 Å². The lowest BCUT2D eigenvalue weighted by Gasteiger charge is -2.15. The van der Waals surface area contributed by atoms with Crippen LogP contribution in [0.15, 0.2) is 47.4 Å². The van der Waals surface area contributed by atoms with E-state index < -0.39 is 6.04 Å². The highest BCUT2D eigenvalue weighted by atomic mass is 35.5. The Balaban J connectivity index is 2.23. The van der Waals surface area contributed by atoms with E-state index >= 15 is 0 Å². The zero-order chi connectivity index (χ0) is 14.7. The lowest BCUT2D eigenvalue weighted by atomic mass is 10.2. The maximum Gasteiger partial charge on any atom is 0.251 e. The molecule has 1 atom stereocenters. The van der Waals surface area contributed by atoms with E-state index in [-0.39, 0.29) is 11.5 Å². The van der Waals surface area contributed by atoms with E-state index in [9.17, 15) is 9.59 Å². The van der Waals surface area contributed by atoms with Crippen LogP contribution in [0.3, 0.4) is 0 Å². The smallest absolute Gasteiger partial charge is 0.251 e. The minimum absolute atomic E-state index is 0.295. The van der Waals surface area contributed by atoms with Crippen LogP contribution in [0.25, 0.3) is 0 Å². The van der Waals surface area contributed by atoms with E-state index in [2.05, 4.69) is 5.32 Å².